The van der Waals surface area contributed by atoms with Crippen LogP contribution < -0.4 is 5.32 Å². The Bertz CT molecular complexity index is 991. The average molecular weight is 429 g/mol. The van der Waals surface area contributed by atoms with Crippen molar-refractivity contribution in [2.75, 3.05) is 18.4 Å². The zero-order valence-electron chi connectivity index (χ0n) is 17.4. The first-order chi connectivity index (χ1) is 14.3. The number of nitrogens with one attached hydrogen (secondary N) is 1. The number of nitrogens with zero attached hydrogens (tertiary/aromatic N) is 1. The van der Waals surface area contributed by atoms with Crippen LogP contribution in [0.25, 0.3) is 0 Å². The van der Waals surface area contributed by atoms with Crippen LogP contribution in [0.5, 0.6) is 0 Å². The van der Waals surface area contributed by atoms with E-state index >= 15 is 0 Å². The highest BCUT2D eigenvalue weighted by Gasteiger charge is 2.19. The molecule has 160 valence electrons. The lowest BCUT2D eigenvalue weighted by Gasteiger charge is -2.15. The zero-order chi connectivity index (χ0) is 21.7. The lowest BCUT2D eigenvalue weighted by molar-refractivity contribution is -0.129. The molecule has 6 nitrogen and oxygen atoms in total. The Morgan fingerprint density at radius 2 is 1.43 bits per heavy atom. The third kappa shape index (κ3) is 5.48. The van der Waals surface area contributed by atoms with Gasteiger partial charge in [0.05, 0.1) is 23.0 Å². The van der Waals surface area contributed by atoms with E-state index in [0.29, 0.717) is 12.1 Å². The van der Waals surface area contributed by atoms with Gasteiger partial charge in [0.2, 0.25) is 11.8 Å². The minimum atomic E-state index is -3.32. The minimum Gasteiger partial charge on any atom is -0.342 e. The minimum absolute atomic E-state index is 0.146. The first-order valence-electron chi connectivity index (χ1n) is 10.2. The Kier molecular flexibility index (Phi) is 6.92. The fourth-order valence-electron chi connectivity index (χ4n) is 3.42. The van der Waals surface area contributed by atoms with E-state index < -0.39 is 15.1 Å². The molecule has 2 amide bonds. The summed E-state index contributed by atoms with van der Waals surface area (Å²) in [5.41, 5.74) is 2.33. The van der Waals surface area contributed by atoms with Crippen LogP contribution in [0.1, 0.15) is 37.8 Å². The van der Waals surface area contributed by atoms with E-state index in [-0.39, 0.29) is 23.1 Å². The van der Waals surface area contributed by atoms with Crippen LogP contribution in [0.15, 0.2) is 53.4 Å². The molecule has 0 saturated carbocycles. The molecule has 2 aromatic carbocycles. The molecule has 3 rings (SSSR count). The molecule has 7 heteroatoms. The predicted octanol–water partition coefficient (Wildman–Crippen LogP) is 3.21. The number of rotatable bonds is 7. The van der Waals surface area contributed by atoms with Gasteiger partial charge >= 0.3 is 0 Å². The molecule has 0 aromatic heterocycles. The van der Waals surface area contributed by atoms with Crippen molar-refractivity contribution < 1.29 is 18.0 Å². The summed E-state index contributed by atoms with van der Waals surface area (Å²) in [5.74, 6) is -0.0393. The molecule has 0 bridgehead atoms. The highest BCUT2D eigenvalue weighted by molar-refractivity contribution is 7.92. The molecule has 0 radical (unpaired) electrons. The SMILES string of the molecule is CC(C)S(=O)(=O)c1ccc(CC(=O)Nc2ccc(CC(=O)N3CCCC3)cc2)cc1. The number of sulfone groups is 1. The highest BCUT2D eigenvalue weighted by Crippen LogP contribution is 2.18. The summed E-state index contributed by atoms with van der Waals surface area (Å²) in [6.07, 6.45) is 2.68. The number of benzene rings is 2. The van der Waals surface area contributed by atoms with Crippen molar-refractivity contribution in [2.45, 2.75) is 49.7 Å². The van der Waals surface area contributed by atoms with Crippen LogP contribution in [-0.2, 0) is 32.3 Å². The molecule has 0 atom stereocenters. The van der Waals surface area contributed by atoms with Gasteiger partial charge in [-0.3, -0.25) is 9.59 Å². The number of likely N-dealkylation sites (tertiary alicyclic amines) is 1. The van der Waals surface area contributed by atoms with Crippen molar-refractivity contribution in [1.82, 2.24) is 4.90 Å². The van der Waals surface area contributed by atoms with Gasteiger partial charge in [0, 0.05) is 18.8 Å². The topological polar surface area (TPSA) is 83.5 Å². The van der Waals surface area contributed by atoms with Gasteiger partial charge in [-0.2, -0.15) is 0 Å². The number of anilines is 1. The fourth-order valence-corrected chi connectivity index (χ4v) is 4.48. The maximum Gasteiger partial charge on any atom is 0.228 e. The first-order valence-corrected chi connectivity index (χ1v) is 11.8. The smallest absolute Gasteiger partial charge is 0.228 e. The monoisotopic (exact) mass is 428 g/mol. The van der Waals surface area contributed by atoms with E-state index in [0.717, 1.165) is 37.1 Å². The van der Waals surface area contributed by atoms with E-state index in [1.165, 1.54) is 0 Å². The van der Waals surface area contributed by atoms with E-state index in [9.17, 15) is 18.0 Å². The Balaban J connectivity index is 1.54. The quantitative estimate of drug-likeness (QED) is 0.734. The van der Waals surface area contributed by atoms with Crippen molar-refractivity contribution in [3.63, 3.8) is 0 Å². The highest BCUT2D eigenvalue weighted by atomic mass is 32.2. The third-order valence-corrected chi connectivity index (χ3v) is 7.46. The number of amides is 2. The van der Waals surface area contributed by atoms with Crippen molar-refractivity contribution in [2.24, 2.45) is 0 Å². The maximum absolute atomic E-state index is 12.3. The van der Waals surface area contributed by atoms with Gasteiger partial charge in [0.25, 0.3) is 0 Å². The Labute approximate surface area is 178 Å². The van der Waals surface area contributed by atoms with E-state index in [2.05, 4.69) is 5.32 Å². The summed E-state index contributed by atoms with van der Waals surface area (Å²) >= 11 is 0. The summed E-state index contributed by atoms with van der Waals surface area (Å²) in [5, 5.41) is 2.35. The fraction of sp³-hybridized carbons (Fsp3) is 0.391. The molecule has 1 saturated heterocycles. The Hall–Kier alpha value is -2.67. The second-order valence-corrected chi connectivity index (χ2v) is 10.4. The number of carbonyl (C=O) groups excluding carboxylic acids is 2. The van der Waals surface area contributed by atoms with Gasteiger partial charge in [-0.25, -0.2) is 8.42 Å². The second-order valence-electron chi connectivity index (χ2n) is 7.92. The summed E-state index contributed by atoms with van der Waals surface area (Å²) in [7, 11) is -3.32. The normalized spacial score (nSPS) is 14.2. The Morgan fingerprint density at radius 3 is 2.00 bits per heavy atom. The van der Waals surface area contributed by atoms with Crippen LogP contribution in [0.3, 0.4) is 0 Å². The standard InChI is InChI=1S/C23H28N2O4S/c1-17(2)30(28,29)21-11-7-18(8-12-21)15-22(26)24-20-9-5-19(6-10-20)16-23(27)25-13-3-4-14-25/h5-12,17H,3-4,13-16H2,1-2H3,(H,24,26). The first kappa shape index (κ1) is 22.0. The molecule has 0 spiro atoms. The van der Waals surface area contributed by atoms with Crippen LogP contribution >= 0.6 is 0 Å². The third-order valence-electron chi connectivity index (χ3n) is 5.29. The van der Waals surface area contributed by atoms with Crippen LogP contribution in [0.2, 0.25) is 0 Å². The summed E-state index contributed by atoms with van der Waals surface area (Å²) < 4.78 is 24.3. The lowest BCUT2D eigenvalue weighted by atomic mass is 10.1. The molecule has 1 aliphatic heterocycles. The van der Waals surface area contributed by atoms with Gasteiger partial charge in [0.1, 0.15) is 0 Å². The van der Waals surface area contributed by atoms with E-state index in [1.807, 2.05) is 17.0 Å². The molecular weight excluding hydrogens is 400 g/mol. The lowest BCUT2D eigenvalue weighted by Crippen LogP contribution is -2.29. The second kappa shape index (κ2) is 9.43. The largest absolute Gasteiger partial charge is 0.342 e. The number of hydrogen-bond acceptors (Lipinski definition) is 4. The van der Waals surface area contributed by atoms with Crippen molar-refractivity contribution >= 4 is 27.3 Å². The van der Waals surface area contributed by atoms with Gasteiger partial charge < -0.3 is 10.2 Å². The molecule has 0 unspecified atom stereocenters. The summed E-state index contributed by atoms with van der Waals surface area (Å²) in [4.78, 5) is 26.7. The van der Waals surface area contributed by atoms with E-state index in [4.69, 9.17) is 0 Å². The van der Waals surface area contributed by atoms with Gasteiger partial charge in [-0.05, 0) is 62.1 Å². The van der Waals surface area contributed by atoms with Gasteiger partial charge in [-0.15, -0.1) is 0 Å². The molecule has 1 heterocycles. The summed E-state index contributed by atoms with van der Waals surface area (Å²) in [6.45, 7) is 4.98. The number of carbonyl (C=O) groups is 2. The Morgan fingerprint density at radius 1 is 0.900 bits per heavy atom. The van der Waals surface area contributed by atoms with Crippen LogP contribution in [0.4, 0.5) is 5.69 Å². The van der Waals surface area contributed by atoms with Gasteiger partial charge in [0.15, 0.2) is 9.84 Å². The van der Waals surface area contributed by atoms with Crippen LogP contribution in [0, 0.1) is 0 Å². The predicted molar refractivity (Wildman–Crippen MR) is 117 cm³/mol. The van der Waals surface area contributed by atoms with E-state index in [1.54, 1.807) is 50.2 Å². The van der Waals surface area contributed by atoms with Crippen molar-refractivity contribution in [3.05, 3.63) is 59.7 Å². The molecule has 1 aliphatic rings. The molecule has 1 fully saturated rings. The van der Waals surface area contributed by atoms with Crippen molar-refractivity contribution in [1.29, 1.82) is 0 Å². The maximum atomic E-state index is 12.3. The van der Waals surface area contributed by atoms with Crippen molar-refractivity contribution in [3.8, 4) is 0 Å². The average Bonchev–Trinajstić information content (AvgIpc) is 3.25. The molecule has 2 aromatic rings. The van der Waals surface area contributed by atoms with Gasteiger partial charge in [-0.1, -0.05) is 24.3 Å². The molecule has 1 N–H and O–H groups in total. The molecular formula is C23H28N2O4S. The molecule has 30 heavy (non-hydrogen) atoms. The summed E-state index contributed by atoms with van der Waals surface area (Å²) in [6, 6.07) is 13.7. The van der Waals surface area contributed by atoms with Crippen LogP contribution in [-0.4, -0.2) is 43.5 Å². The molecule has 0 aliphatic carbocycles. The zero-order valence-corrected chi connectivity index (χ0v) is 18.2. The number of hydrogen-bond donors (Lipinski definition) is 1.